The average Bonchev–Trinajstić information content (AvgIpc) is 2.79. The molecule has 2 aliphatic rings. The molecule has 166 valence electrons. The second-order valence-corrected chi connectivity index (χ2v) is 9.67. The van der Waals surface area contributed by atoms with Gasteiger partial charge in [-0.05, 0) is 56.9 Å². The van der Waals surface area contributed by atoms with Gasteiger partial charge in [0.25, 0.3) is 0 Å². The Labute approximate surface area is 178 Å². The summed E-state index contributed by atoms with van der Waals surface area (Å²) in [6.07, 6.45) is 2.49. The Kier molecular flexibility index (Phi) is 7.36. The van der Waals surface area contributed by atoms with E-state index in [1.165, 1.54) is 23.5 Å². The summed E-state index contributed by atoms with van der Waals surface area (Å²) in [6, 6.07) is 6.29. The van der Waals surface area contributed by atoms with Crippen molar-refractivity contribution in [3.8, 4) is 5.75 Å². The number of methoxy groups -OCH3 is 1. The minimum Gasteiger partial charge on any atom is -0.497 e. The highest BCUT2D eigenvalue weighted by Crippen LogP contribution is 2.28. The number of carbonyl (C=O) groups excluding carboxylic acids is 2. The largest absolute Gasteiger partial charge is 0.497 e. The Hall–Kier alpha value is -2.13. The molecule has 1 aromatic rings. The van der Waals surface area contributed by atoms with Crippen molar-refractivity contribution in [3.63, 3.8) is 0 Å². The van der Waals surface area contributed by atoms with E-state index in [1.807, 2.05) is 0 Å². The van der Waals surface area contributed by atoms with Gasteiger partial charge in [-0.3, -0.25) is 9.59 Å². The van der Waals surface area contributed by atoms with Gasteiger partial charge in [-0.25, -0.2) is 8.42 Å². The lowest BCUT2D eigenvalue weighted by Crippen LogP contribution is -2.49. The SMILES string of the molecule is CCOC(=O)C1CCN(C(=O)[C@H]2CCCN(S(=O)(=O)c3ccc(OC)cc3)C2)CC1. The van der Waals surface area contributed by atoms with Crippen LogP contribution >= 0.6 is 0 Å². The highest BCUT2D eigenvalue weighted by molar-refractivity contribution is 7.89. The molecule has 8 nitrogen and oxygen atoms in total. The Morgan fingerprint density at radius 1 is 1.03 bits per heavy atom. The number of benzene rings is 1. The molecule has 1 amide bonds. The molecule has 2 heterocycles. The van der Waals surface area contributed by atoms with Crippen molar-refractivity contribution in [2.75, 3.05) is 39.9 Å². The Morgan fingerprint density at radius 2 is 1.70 bits per heavy atom. The van der Waals surface area contributed by atoms with Gasteiger partial charge in [0.15, 0.2) is 0 Å². The summed E-state index contributed by atoms with van der Waals surface area (Å²) in [6.45, 7) is 3.74. The highest BCUT2D eigenvalue weighted by Gasteiger charge is 2.36. The second kappa shape index (κ2) is 9.78. The zero-order valence-corrected chi connectivity index (χ0v) is 18.4. The molecule has 0 N–H and O–H groups in total. The first-order valence-electron chi connectivity index (χ1n) is 10.5. The number of rotatable bonds is 6. The van der Waals surface area contributed by atoms with Crippen molar-refractivity contribution in [2.45, 2.75) is 37.5 Å². The summed E-state index contributed by atoms with van der Waals surface area (Å²) >= 11 is 0. The number of esters is 1. The number of nitrogens with zero attached hydrogens (tertiary/aromatic N) is 2. The van der Waals surface area contributed by atoms with Crippen LogP contribution in [0.4, 0.5) is 0 Å². The van der Waals surface area contributed by atoms with E-state index >= 15 is 0 Å². The van der Waals surface area contributed by atoms with Crippen LogP contribution in [0.15, 0.2) is 29.2 Å². The van der Waals surface area contributed by atoms with Gasteiger partial charge in [0.05, 0.1) is 30.4 Å². The molecule has 0 radical (unpaired) electrons. The summed E-state index contributed by atoms with van der Waals surface area (Å²) < 4.78 is 37.6. The van der Waals surface area contributed by atoms with E-state index in [1.54, 1.807) is 24.0 Å². The minimum atomic E-state index is -3.66. The Balaban J connectivity index is 1.61. The third-order valence-electron chi connectivity index (χ3n) is 5.86. The van der Waals surface area contributed by atoms with Crippen LogP contribution < -0.4 is 4.74 Å². The van der Waals surface area contributed by atoms with Crippen LogP contribution in [0, 0.1) is 11.8 Å². The summed E-state index contributed by atoms with van der Waals surface area (Å²) in [5.41, 5.74) is 0. The Bertz CT molecular complexity index is 847. The number of hydrogen-bond donors (Lipinski definition) is 0. The van der Waals surface area contributed by atoms with Crippen LogP contribution in [0.5, 0.6) is 5.75 Å². The molecule has 3 rings (SSSR count). The van der Waals surface area contributed by atoms with Crippen molar-refractivity contribution in [1.82, 2.24) is 9.21 Å². The number of amides is 1. The predicted molar refractivity (Wildman–Crippen MR) is 110 cm³/mol. The first-order chi connectivity index (χ1) is 14.4. The lowest BCUT2D eigenvalue weighted by atomic mass is 9.93. The number of carbonyl (C=O) groups is 2. The summed E-state index contributed by atoms with van der Waals surface area (Å²) in [5.74, 6) is -0.143. The monoisotopic (exact) mass is 438 g/mol. The first-order valence-corrected chi connectivity index (χ1v) is 11.9. The van der Waals surface area contributed by atoms with Gasteiger partial charge in [-0.1, -0.05) is 0 Å². The molecule has 0 unspecified atom stereocenters. The summed E-state index contributed by atoms with van der Waals surface area (Å²) in [4.78, 5) is 26.9. The van der Waals surface area contributed by atoms with Gasteiger partial charge >= 0.3 is 5.97 Å². The fourth-order valence-electron chi connectivity index (χ4n) is 4.11. The van der Waals surface area contributed by atoms with Gasteiger partial charge in [0, 0.05) is 26.2 Å². The fourth-order valence-corrected chi connectivity index (χ4v) is 5.64. The molecular formula is C21H30N2O6S. The minimum absolute atomic E-state index is 0.0214. The molecular weight excluding hydrogens is 408 g/mol. The van der Waals surface area contributed by atoms with Crippen molar-refractivity contribution < 1.29 is 27.5 Å². The number of sulfonamides is 1. The molecule has 0 aliphatic carbocycles. The van der Waals surface area contributed by atoms with Crippen molar-refractivity contribution >= 4 is 21.9 Å². The van der Waals surface area contributed by atoms with Gasteiger partial charge in [0.2, 0.25) is 15.9 Å². The number of piperidine rings is 2. The third kappa shape index (κ3) is 4.95. The van der Waals surface area contributed by atoms with E-state index < -0.39 is 10.0 Å². The number of likely N-dealkylation sites (tertiary alicyclic amines) is 1. The average molecular weight is 439 g/mol. The molecule has 2 saturated heterocycles. The zero-order valence-electron chi connectivity index (χ0n) is 17.6. The molecule has 0 aromatic heterocycles. The molecule has 30 heavy (non-hydrogen) atoms. The first kappa shape index (κ1) is 22.6. The van der Waals surface area contributed by atoms with Crippen LogP contribution in [-0.2, 0) is 24.3 Å². The van der Waals surface area contributed by atoms with Gasteiger partial charge in [0.1, 0.15) is 5.75 Å². The van der Waals surface area contributed by atoms with Crippen molar-refractivity contribution in [3.05, 3.63) is 24.3 Å². The quantitative estimate of drug-likeness (QED) is 0.630. The van der Waals surface area contributed by atoms with Gasteiger partial charge in [-0.15, -0.1) is 0 Å². The number of ether oxygens (including phenoxy) is 2. The fraction of sp³-hybridized carbons (Fsp3) is 0.619. The third-order valence-corrected chi connectivity index (χ3v) is 7.74. The summed E-state index contributed by atoms with van der Waals surface area (Å²) in [7, 11) is -2.14. The molecule has 1 atom stereocenters. The molecule has 2 aliphatic heterocycles. The second-order valence-electron chi connectivity index (χ2n) is 7.73. The molecule has 2 fully saturated rings. The normalized spacial score (nSPS) is 21.3. The van der Waals surface area contributed by atoms with Crippen molar-refractivity contribution in [1.29, 1.82) is 0 Å². The number of hydrogen-bond acceptors (Lipinski definition) is 6. The van der Waals surface area contributed by atoms with Gasteiger partial charge < -0.3 is 14.4 Å². The van der Waals surface area contributed by atoms with Crippen molar-refractivity contribution in [2.24, 2.45) is 11.8 Å². The predicted octanol–water partition coefficient (Wildman–Crippen LogP) is 1.90. The molecule has 1 aromatic carbocycles. The standard InChI is InChI=1S/C21H30N2O6S/c1-3-29-21(25)16-10-13-22(14-11-16)20(24)17-5-4-12-23(15-17)30(26,27)19-8-6-18(28-2)7-9-19/h6-9,16-17H,3-5,10-15H2,1-2H3/t17-/m0/s1. The maximum absolute atomic E-state index is 13.0. The molecule has 0 saturated carbocycles. The molecule has 0 bridgehead atoms. The van der Waals surface area contributed by atoms with Crippen LogP contribution in [0.2, 0.25) is 0 Å². The smallest absolute Gasteiger partial charge is 0.309 e. The van der Waals surface area contributed by atoms with E-state index in [9.17, 15) is 18.0 Å². The Morgan fingerprint density at radius 3 is 2.30 bits per heavy atom. The lowest BCUT2D eigenvalue weighted by molar-refractivity contribution is -0.152. The lowest BCUT2D eigenvalue weighted by Gasteiger charge is -2.37. The van der Waals surface area contributed by atoms with E-state index in [0.29, 0.717) is 57.7 Å². The van der Waals surface area contributed by atoms with Gasteiger partial charge in [-0.2, -0.15) is 4.31 Å². The van der Waals surface area contributed by atoms with Crippen LogP contribution in [-0.4, -0.2) is 69.4 Å². The van der Waals surface area contributed by atoms with E-state index in [0.717, 1.165) is 0 Å². The summed E-state index contributed by atoms with van der Waals surface area (Å²) in [5, 5.41) is 0. The van der Waals surface area contributed by atoms with E-state index in [2.05, 4.69) is 0 Å². The van der Waals surface area contributed by atoms with Crippen LogP contribution in [0.3, 0.4) is 0 Å². The van der Waals surface area contributed by atoms with Crippen LogP contribution in [0.1, 0.15) is 32.6 Å². The highest BCUT2D eigenvalue weighted by atomic mass is 32.2. The maximum Gasteiger partial charge on any atom is 0.309 e. The van der Waals surface area contributed by atoms with Crippen LogP contribution in [0.25, 0.3) is 0 Å². The molecule has 0 spiro atoms. The van der Waals surface area contributed by atoms with E-state index in [4.69, 9.17) is 9.47 Å². The topological polar surface area (TPSA) is 93.2 Å². The molecule has 9 heteroatoms. The zero-order chi connectivity index (χ0) is 21.7. The maximum atomic E-state index is 13.0. The van der Waals surface area contributed by atoms with E-state index in [-0.39, 0.29) is 35.2 Å².